The Kier molecular flexibility index (Phi) is 4.28. The van der Waals surface area contributed by atoms with Crippen LogP contribution >= 0.6 is 0 Å². The van der Waals surface area contributed by atoms with Gasteiger partial charge in [0.2, 0.25) is 5.91 Å². The molecular weight excluding hydrogens is 209 g/mol. The van der Waals surface area contributed by atoms with E-state index in [0.717, 1.165) is 6.42 Å². The van der Waals surface area contributed by atoms with Crippen LogP contribution in [0.3, 0.4) is 0 Å². The van der Waals surface area contributed by atoms with Crippen molar-refractivity contribution in [3.63, 3.8) is 0 Å². The number of ether oxygens (including phenoxy) is 1. The summed E-state index contributed by atoms with van der Waals surface area (Å²) < 4.78 is 18.3. The maximum Gasteiger partial charge on any atom is 0.227 e. The van der Waals surface area contributed by atoms with Crippen LogP contribution in [0, 0.1) is 11.7 Å². The van der Waals surface area contributed by atoms with Crippen molar-refractivity contribution in [2.45, 2.75) is 20.3 Å². The number of rotatable bonds is 4. The highest BCUT2D eigenvalue weighted by atomic mass is 19.1. The topological polar surface area (TPSA) is 38.3 Å². The molecule has 0 aliphatic heterocycles. The maximum absolute atomic E-state index is 13.5. The highest BCUT2D eigenvalue weighted by Crippen LogP contribution is 2.21. The van der Waals surface area contributed by atoms with Crippen molar-refractivity contribution in [2.75, 3.05) is 12.4 Å². The lowest BCUT2D eigenvalue weighted by atomic mass is 10.1. The van der Waals surface area contributed by atoms with Crippen molar-refractivity contribution < 1.29 is 13.9 Å². The first kappa shape index (κ1) is 12.5. The minimum Gasteiger partial charge on any atom is -0.497 e. The van der Waals surface area contributed by atoms with E-state index in [-0.39, 0.29) is 17.5 Å². The van der Waals surface area contributed by atoms with Gasteiger partial charge in [0.25, 0.3) is 0 Å². The van der Waals surface area contributed by atoms with Gasteiger partial charge < -0.3 is 10.1 Å². The highest BCUT2D eigenvalue weighted by molar-refractivity contribution is 5.92. The Balaban J connectivity index is 2.78. The zero-order valence-electron chi connectivity index (χ0n) is 9.71. The molecule has 0 fully saturated rings. The second kappa shape index (κ2) is 5.49. The van der Waals surface area contributed by atoms with Gasteiger partial charge in [-0.2, -0.15) is 0 Å². The fourth-order valence-electron chi connectivity index (χ4n) is 1.17. The van der Waals surface area contributed by atoms with Gasteiger partial charge in [0.15, 0.2) is 0 Å². The van der Waals surface area contributed by atoms with Gasteiger partial charge in [-0.15, -0.1) is 0 Å². The summed E-state index contributed by atoms with van der Waals surface area (Å²) in [6.45, 7) is 3.71. The quantitative estimate of drug-likeness (QED) is 0.855. The number of benzene rings is 1. The summed E-state index contributed by atoms with van der Waals surface area (Å²) >= 11 is 0. The van der Waals surface area contributed by atoms with E-state index in [1.54, 1.807) is 13.0 Å². The number of hydrogen-bond acceptors (Lipinski definition) is 2. The molecule has 88 valence electrons. The molecule has 4 heteroatoms. The number of carbonyl (C=O) groups excluding carboxylic acids is 1. The summed E-state index contributed by atoms with van der Waals surface area (Å²) in [7, 11) is 1.46. The van der Waals surface area contributed by atoms with Crippen LogP contribution in [0.15, 0.2) is 18.2 Å². The molecule has 0 saturated heterocycles. The van der Waals surface area contributed by atoms with Gasteiger partial charge in [-0.25, -0.2) is 4.39 Å². The maximum atomic E-state index is 13.5. The second-order valence-corrected chi connectivity index (χ2v) is 3.64. The molecule has 1 aromatic carbocycles. The lowest BCUT2D eigenvalue weighted by Gasteiger charge is -2.11. The van der Waals surface area contributed by atoms with Crippen molar-refractivity contribution in [1.82, 2.24) is 0 Å². The van der Waals surface area contributed by atoms with Gasteiger partial charge >= 0.3 is 0 Å². The summed E-state index contributed by atoms with van der Waals surface area (Å²) in [6.07, 6.45) is 0.726. The van der Waals surface area contributed by atoms with Crippen molar-refractivity contribution in [2.24, 2.45) is 5.92 Å². The fraction of sp³-hybridized carbons (Fsp3) is 0.417. The van der Waals surface area contributed by atoms with Gasteiger partial charge in [0.05, 0.1) is 12.8 Å². The largest absolute Gasteiger partial charge is 0.497 e. The molecule has 0 aromatic heterocycles. The van der Waals surface area contributed by atoms with Gasteiger partial charge in [-0.3, -0.25) is 4.79 Å². The van der Waals surface area contributed by atoms with E-state index in [2.05, 4.69) is 5.32 Å². The van der Waals surface area contributed by atoms with E-state index < -0.39 is 5.82 Å². The molecule has 0 heterocycles. The van der Waals surface area contributed by atoms with Crippen LogP contribution in [-0.4, -0.2) is 13.0 Å². The molecule has 1 unspecified atom stereocenters. The van der Waals surface area contributed by atoms with E-state index in [4.69, 9.17) is 4.74 Å². The molecule has 1 aromatic rings. The third-order valence-electron chi connectivity index (χ3n) is 2.49. The number of nitrogens with one attached hydrogen (secondary N) is 1. The third kappa shape index (κ3) is 2.95. The minimum absolute atomic E-state index is 0.124. The SMILES string of the molecule is CCC(C)C(=O)Nc1ccc(OC)cc1F. The van der Waals surface area contributed by atoms with Gasteiger partial charge in [0.1, 0.15) is 11.6 Å². The van der Waals surface area contributed by atoms with Crippen LogP contribution in [0.1, 0.15) is 20.3 Å². The molecule has 1 atom stereocenters. The molecule has 0 aliphatic carbocycles. The van der Waals surface area contributed by atoms with E-state index in [9.17, 15) is 9.18 Å². The molecule has 0 spiro atoms. The third-order valence-corrected chi connectivity index (χ3v) is 2.49. The molecular formula is C12H16FNO2. The summed E-state index contributed by atoms with van der Waals surface area (Å²) in [5.74, 6) is -0.358. The number of hydrogen-bond donors (Lipinski definition) is 1. The second-order valence-electron chi connectivity index (χ2n) is 3.64. The monoisotopic (exact) mass is 225 g/mol. The lowest BCUT2D eigenvalue weighted by Crippen LogP contribution is -2.20. The van der Waals surface area contributed by atoms with Crippen LogP contribution in [0.2, 0.25) is 0 Å². The number of halogens is 1. The Morgan fingerprint density at radius 2 is 2.25 bits per heavy atom. The number of carbonyl (C=O) groups is 1. The van der Waals surface area contributed by atoms with E-state index in [1.807, 2.05) is 6.92 Å². The van der Waals surface area contributed by atoms with Crippen LogP contribution in [-0.2, 0) is 4.79 Å². The summed E-state index contributed by atoms with van der Waals surface area (Å²) in [5, 5.41) is 2.54. The van der Waals surface area contributed by atoms with Crippen LogP contribution in [0.25, 0.3) is 0 Å². The fourth-order valence-corrected chi connectivity index (χ4v) is 1.17. The van der Waals surface area contributed by atoms with Crippen LogP contribution in [0.5, 0.6) is 5.75 Å². The minimum atomic E-state index is -0.490. The van der Waals surface area contributed by atoms with E-state index in [1.165, 1.54) is 19.2 Å². The standard InChI is InChI=1S/C12H16FNO2/c1-4-8(2)12(15)14-11-6-5-9(16-3)7-10(11)13/h5-8H,4H2,1-3H3,(H,14,15). The summed E-state index contributed by atoms with van der Waals surface area (Å²) in [6, 6.07) is 4.34. The molecule has 1 amide bonds. The summed E-state index contributed by atoms with van der Waals surface area (Å²) in [4.78, 5) is 11.5. The first-order valence-electron chi connectivity index (χ1n) is 5.22. The molecule has 0 radical (unpaired) electrons. The summed E-state index contributed by atoms with van der Waals surface area (Å²) in [5.41, 5.74) is 0.186. The van der Waals surface area contributed by atoms with Gasteiger partial charge in [0, 0.05) is 12.0 Å². The van der Waals surface area contributed by atoms with E-state index >= 15 is 0 Å². The Morgan fingerprint density at radius 1 is 1.56 bits per heavy atom. The molecule has 0 bridgehead atoms. The van der Waals surface area contributed by atoms with Crippen LogP contribution < -0.4 is 10.1 Å². The zero-order valence-corrected chi connectivity index (χ0v) is 9.71. The zero-order chi connectivity index (χ0) is 12.1. The predicted molar refractivity (Wildman–Crippen MR) is 61.0 cm³/mol. The molecule has 16 heavy (non-hydrogen) atoms. The normalized spacial score (nSPS) is 12.0. The van der Waals surface area contributed by atoms with Crippen molar-refractivity contribution >= 4 is 11.6 Å². The molecule has 0 aliphatic rings. The van der Waals surface area contributed by atoms with Crippen molar-refractivity contribution in [3.05, 3.63) is 24.0 Å². The Labute approximate surface area is 94.6 Å². The first-order chi connectivity index (χ1) is 7.58. The molecule has 0 saturated carbocycles. The first-order valence-corrected chi connectivity index (χ1v) is 5.22. The lowest BCUT2D eigenvalue weighted by molar-refractivity contribution is -0.119. The Morgan fingerprint density at radius 3 is 2.75 bits per heavy atom. The van der Waals surface area contributed by atoms with Crippen molar-refractivity contribution in [3.8, 4) is 5.75 Å². The van der Waals surface area contributed by atoms with Gasteiger partial charge in [-0.05, 0) is 18.6 Å². The highest BCUT2D eigenvalue weighted by Gasteiger charge is 2.13. The average Bonchev–Trinajstić information content (AvgIpc) is 2.30. The van der Waals surface area contributed by atoms with E-state index in [0.29, 0.717) is 5.75 Å². The van der Waals surface area contributed by atoms with Crippen molar-refractivity contribution in [1.29, 1.82) is 0 Å². The predicted octanol–water partition coefficient (Wildman–Crippen LogP) is 2.82. The number of anilines is 1. The molecule has 3 nitrogen and oxygen atoms in total. The number of methoxy groups -OCH3 is 1. The Bertz CT molecular complexity index is 379. The Hall–Kier alpha value is -1.58. The molecule has 1 N–H and O–H groups in total. The molecule has 1 rings (SSSR count). The average molecular weight is 225 g/mol. The smallest absolute Gasteiger partial charge is 0.227 e. The van der Waals surface area contributed by atoms with Gasteiger partial charge in [-0.1, -0.05) is 13.8 Å². The van der Waals surface area contributed by atoms with Crippen LogP contribution in [0.4, 0.5) is 10.1 Å². The number of amides is 1.